The molecule has 0 unspecified atom stereocenters. The molecule has 3 rings (SSSR count). The number of nitrogens with one attached hydrogen (secondary N) is 1. The van der Waals surface area contributed by atoms with E-state index in [1.807, 2.05) is 49.4 Å². The molecule has 0 aliphatic carbocycles. The van der Waals surface area contributed by atoms with Crippen molar-refractivity contribution in [1.29, 1.82) is 0 Å². The van der Waals surface area contributed by atoms with E-state index in [2.05, 4.69) is 5.32 Å². The molecule has 2 aromatic carbocycles. The number of nitrogens with zero attached hydrogens (tertiary/aromatic N) is 1. The molecule has 1 aliphatic rings. The van der Waals surface area contributed by atoms with Crippen molar-refractivity contribution in [2.45, 2.75) is 13.0 Å². The number of amides is 2. The maximum Gasteiger partial charge on any atom is 0.262 e. The van der Waals surface area contributed by atoms with E-state index in [1.54, 1.807) is 24.1 Å². The molecule has 0 saturated carbocycles. The van der Waals surface area contributed by atoms with Gasteiger partial charge in [0.2, 0.25) is 0 Å². The number of rotatable bonds is 3. The van der Waals surface area contributed by atoms with Gasteiger partial charge in [0.05, 0.1) is 12.2 Å². The Balaban J connectivity index is 1.84. The molecule has 1 aliphatic heterocycles. The summed E-state index contributed by atoms with van der Waals surface area (Å²) in [7, 11) is 1.55. The molecule has 2 amide bonds. The number of anilines is 1. The van der Waals surface area contributed by atoms with Crippen molar-refractivity contribution < 1.29 is 14.3 Å². The molecule has 0 bridgehead atoms. The van der Waals surface area contributed by atoms with E-state index in [-0.39, 0.29) is 18.4 Å². The highest BCUT2D eigenvalue weighted by molar-refractivity contribution is 6.05. The molecule has 0 aromatic heterocycles. The summed E-state index contributed by atoms with van der Waals surface area (Å²) >= 11 is 0. The second-order valence-corrected chi connectivity index (χ2v) is 5.88. The first-order chi connectivity index (χ1) is 12.1. The van der Waals surface area contributed by atoms with Crippen LogP contribution in [0.25, 0.3) is 6.08 Å². The third-order valence-electron chi connectivity index (χ3n) is 4.07. The Morgan fingerprint density at radius 3 is 2.60 bits per heavy atom. The van der Waals surface area contributed by atoms with Gasteiger partial charge in [-0.2, -0.15) is 0 Å². The smallest absolute Gasteiger partial charge is 0.262 e. The van der Waals surface area contributed by atoms with Gasteiger partial charge in [-0.3, -0.25) is 9.59 Å². The quantitative estimate of drug-likeness (QED) is 0.877. The van der Waals surface area contributed by atoms with E-state index in [9.17, 15) is 9.59 Å². The van der Waals surface area contributed by atoms with Gasteiger partial charge < -0.3 is 15.0 Å². The highest BCUT2D eigenvalue weighted by Gasteiger charge is 2.32. The Kier molecular flexibility index (Phi) is 4.84. The number of fused-ring (bicyclic) bond motifs is 1. The van der Waals surface area contributed by atoms with Gasteiger partial charge >= 0.3 is 0 Å². The number of carbonyl (C=O) groups excluding carboxylic acids is 2. The first-order valence-electron chi connectivity index (χ1n) is 8.12. The van der Waals surface area contributed by atoms with Crippen LogP contribution in [0.15, 0.2) is 54.6 Å². The number of hydrogen-bond acceptors (Lipinski definition) is 3. The van der Waals surface area contributed by atoms with Crippen LogP contribution in [0.3, 0.4) is 0 Å². The molecule has 0 radical (unpaired) electrons. The molecule has 1 atom stereocenters. The zero-order valence-corrected chi connectivity index (χ0v) is 14.2. The molecule has 1 heterocycles. The van der Waals surface area contributed by atoms with Crippen molar-refractivity contribution in [3.8, 4) is 5.75 Å². The Morgan fingerprint density at radius 2 is 1.88 bits per heavy atom. The molecule has 25 heavy (non-hydrogen) atoms. The monoisotopic (exact) mass is 336 g/mol. The zero-order valence-electron chi connectivity index (χ0n) is 14.2. The molecule has 5 nitrogen and oxygen atoms in total. The zero-order chi connectivity index (χ0) is 17.8. The minimum absolute atomic E-state index is 0.174. The van der Waals surface area contributed by atoms with E-state index in [0.29, 0.717) is 11.4 Å². The summed E-state index contributed by atoms with van der Waals surface area (Å²) in [4.78, 5) is 26.2. The van der Waals surface area contributed by atoms with Gasteiger partial charge in [-0.05, 0) is 30.7 Å². The van der Waals surface area contributed by atoms with E-state index < -0.39 is 6.10 Å². The molecule has 0 spiro atoms. The summed E-state index contributed by atoms with van der Waals surface area (Å²) in [6.07, 6.45) is 2.57. The van der Waals surface area contributed by atoms with Crippen LogP contribution in [0, 0.1) is 6.92 Å². The maximum atomic E-state index is 12.7. The molecular weight excluding hydrogens is 316 g/mol. The maximum absolute atomic E-state index is 12.7. The van der Waals surface area contributed by atoms with Gasteiger partial charge in [0.15, 0.2) is 6.10 Å². The third kappa shape index (κ3) is 3.71. The standard InChI is InChI=1S/C20H20N2O3/c1-14-7-9-15(10-8-14)11-12-19(23)22-13-18(20(24)21-2)25-17-6-4-3-5-16(17)22/h3-12,18H,13H2,1-2H3,(H,21,24)/b12-11+/t18-/m1/s1. The van der Waals surface area contributed by atoms with Gasteiger partial charge in [0.25, 0.3) is 11.8 Å². The van der Waals surface area contributed by atoms with Crippen molar-refractivity contribution >= 4 is 23.6 Å². The largest absolute Gasteiger partial charge is 0.477 e. The number of benzene rings is 2. The van der Waals surface area contributed by atoms with Gasteiger partial charge in [-0.15, -0.1) is 0 Å². The topological polar surface area (TPSA) is 58.6 Å². The molecule has 5 heteroatoms. The lowest BCUT2D eigenvalue weighted by Gasteiger charge is -2.33. The molecule has 128 valence electrons. The average molecular weight is 336 g/mol. The van der Waals surface area contributed by atoms with E-state index >= 15 is 0 Å². The Morgan fingerprint density at radius 1 is 1.16 bits per heavy atom. The van der Waals surface area contributed by atoms with Gasteiger partial charge in [-0.1, -0.05) is 42.0 Å². The van der Waals surface area contributed by atoms with Crippen LogP contribution in [-0.2, 0) is 9.59 Å². The van der Waals surface area contributed by atoms with E-state index in [0.717, 1.165) is 5.56 Å². The second kappa shape index (κ2) is 7.21. The minimum atomic E-state index is -0.725. The number of carbonyl (C=O) groups is 2. The summed E-state index contributed by atoms with van der Waals surface area (Å²) in [5, 5.41) is 2.57. The fourth-order valence-electron chi connectivity index (χ4n) is 2.68. The van der Waals surface area contributed by atoms with Crippen molar-refractivity contribution in [1.82, 2.24) is 5.32 Å². The van der Waals surface area contributed by atoms with Gasteiger partial charge in [-0.25, -0.2) is 0 Å². The lowest BCUT2D eigenvalue weighted by molar-refractivity contribution is -0.127. The van der Waals surface area contributed by atoms with Crippen LogP contribution in [0.5, 0.6) is 5.75 Å². The van der Waals surface area contributed by atoms with Crippen molar-refractivity contribution in [3.05, 3.63) is 65.7 Å². The van der Waals surface area contributed by atoms with E-state index in [4.69, 9.17) is 4.74 Å². The van der Waals surface area contributed by atoms with Crippen molar-refractivity contribution in [2.75, 3.05) is 18.5 Å². The highest BCUT2D eigenvalue weighted by Crippen LogP contribution is 2.33. The number of ether oxygens (including phenoxy) is 1. The first-order valence-corrected chi connectivity index (χ1v) is 8.12. The third-order valence-corrected chi connectivity index (χ3v) is 4.07. The Labute approximate surface area is 146 Å². The van der Waals surface area contributed by atoms with Crippen LogP contribution in [0.4, 0.5) is 5.69 Å². The number of aryl methyl sites for hydroxylation is 1. The Bertz CT molecular complexity index is 812. The fourth-order valence-corrected chi connectivity index (χ4v) is 2.68. The normalized spacial score (nSPS) is 16.2. The second-order valence-electron chi connectivity index (χ2n) is 5.88. The lowest BCUT2D eigenvalue weighted by atomic mass is 10.1. The fraction of sp³-hybridized carbons (Fsp3) is 0.200. The first kappa shape index (κ1) is 16.8. The molecular formula is C20H20N2O3. The van der Waals surface area contributed by atoms with Crippen LogP contribution < -0.4 is 15.0 Å². The van der Waals surface area contributed by atoms with Crippen LogP contribution in [0.1, 0.15) is 11.1 Å². The summed E-state index contributed by atoms with van der Waals surface area (Å²) in [5.74, 6) is 0.0829. The minimum Gasteiger partial charge on any atom is -0.477 e. The average Bonchev–Trinajstić information content (AvgIpc) is 2.65. The number of likely N-dealkylation sites (N-methyl/N-ethyl adjacent to an activating group) is 1. The molecule has 2 aromatic rings. The SMILES string of the molecule is CNC(=O)[C@H]1CN(C(=O)/C=C/c2ccc(C)cc2)c2ccccc2O1. The van der Waals surface area contributed by atoms with Crippen LogP contribution in [0.2, 0.25) is 0 Å². The number of hydrogen-bond donors (Lipinski definition) is 1. The molecule has 0 saturated heterocycles. The van der Waals surface area contributed by atoms with Gasteiger partial charge in [0.1, 0.15) is 5.75 Å². The predicted molar refractivity (Wildman–Crippen MR) is 97.5 cm³/mol. The highest BCUT2D eigenvalue weighted by atomic mass is 16.5. The van der Waals surface area contributed by atoms with Crippen LogP contribution in [-0.4, -0.2) is 31.5 Å². The van der Waals surface area contributed by atoms with Crippen molar-refractivity contribution in [2.24, 2.45) is 0 Å². The van der Waals surface area contributed by atoms with Gasteiger partial charge in [0, 0.05) is 13.1 Å². The Hall–Kier alpha value is -3.08. The summed E-state index contributed by atoms with van der Waals surface area (Å²) in [6.45, 7) is 2.19. The predicted octanol–water partition coefficient (Wildman–Crippen LogP) is 2.55. The van der Waals surface area contributed by atoms with E-state index in [1.165, 1.54) is 11.6 Å². The summed E-state index contributed by atoms with van der Waals surface area (Å²) in [6, 6.07) is 15.1. The summed E-state index contributed by atoms with van der Waals surface area (Å²) < 4.78 is 5.71. The van der Waals surface area contributed by atoms with Crippen molar-refractivity contribution in [3.63, 3.8) is 0 Å². The molecule has 1 N–H and O–H groups in total. The molecule has 0 fully saturated rings. The van der Waals surface area contributed by atoms with Crippen LogP contribution >= 0.6 is 0 Å². The lowest BCUT2D eigenvalue weighted by Crippen LogP contribution is -2.49. The summed E-state index contributed by atoms with van der Waals surface area (Å²) in [5.41, 5.74) is 2.78. The number of para-hydroxylation sites is 2.